The summed E-state index contributed by atoms with van der Waals surface area (Å²) in [5.41, 5.74) is 9.77. The SMILES string of the molecule is Cc1ccc(C2CCN(C[C@H]3CCN(C(=O)c4cccc5ccn(CCC(N)=O)c45)C3)CC2)cc1. The summed E-state index contributed by atoms with van der Waals surface area (Å²) in [6, 6.07) is 16.9. The van der Waals surface area contributed by atoms with E-state index in [9.17, 15) is 9.59 Å². The van der Waals surface area contributed by atoms with E-state index in [-0.39, 0.29) is 18.2 Å². The smallest absolute Gasteiger partial charge is 0.256 e. The number of para-hydroxylation sites is 1. The lowest BCUT2D eigenvalue weighted by Crippen LogP contribution is -2.38. The summed E-state index contributed by atoms with van der Waals surface area (Å²) in [7, 11) is 0. The van der Waals surface area contributed by atoms with Crippen molar-refractivity contribution in [3.63, 3.8) is 0 Å². The van der Waals surface area contributed by atoms with E-state index in [1.54, 1.807) is 0 Å². The van der Waals surface area contributed by atoms with Gasteiger partial charge >= 0.3 is 0 Å². The van der Waals surface area contributed by atoms with Gasteiger partial charge in [0.15, 0.2) is 0 Å². The summed E-state index contributed by atoms with van der Waals surface area (Å²) in [6.45, 7) is 7.60. The second-order valence-corrected chi connectivity index (χ2v) is 10.4. The van der Waals surface area contributed by atoms with Gasteiger partial charge in [0.2, 0.25) is 5.91 Å². The second-order valence-electron chi connectivity index (χ2n) is 10.4. The first-order chi connectivity index (χ1) is 17.0. The minimum absolute atomic E-state index is 0.0928. The molecule has 6 heteroatoms. The van der Waals surface area contributed by atoms with Crippen LogP contribution in [0.3, 0.4) is 0 Å². The predicted molar refractivity (Wildman–Crippen MR) is 139 cm³/mol. The molecule has 3 heterocycles. The zero-order chi connectivity index (χ0) is 24.4. The number of aromatic nitrogens is 1. The topological polar surface area (TPSA) is 71.6 Å². The Kier molecular flexibility index (Phi) is 6.91. The highest BCUT2D eigenvalue weighted by Gasteiger charge is 2.30. The minimum atomic E-state index is -0.332. The first-order valence-electron chi connectivity index (χ1n) is 12.9. The van der Waals surface area contributed by atoms with Crippen molar-refractivity contribution < 1.29 is 9.59 Å². The number of nitrogens with two attached hydrogens (primary N) is 1. The summed E-state index contributed by atoms with van der Waals surface area (Å²) < 4.78 is 1.99. The quantitative estimate of drug-likeness (QED) is 0.561. The third-order valence-corrected chi connectivity index (χ3v) is 7.84. The molecule has 0 aliphatic carbocycles. The Hall–Kier alpha value is -3.12. The molecule has 184 valence electrons. The Morgan fingerprint density at radius 3 is 2.49 bits per heavy atom. The zero-order valence-corrected chi connectivity index (χ0v) is 20.7. The van der Waals surface area contributed by atoms with Crippen molar-refractivity contribution in [3.05, 3.63) is 71.4 Å². The van der Waals surface area contributed by atoms with E-state index in [4.69, 9.17) is 5.73 Å². The molecule has 5 rings (SSSR count). The number of benzene rings is 2. The average Bonchev–Trinajstić information content (AvgIpc) is 3.50. The predicted octanol–water partition coefficient (Wildman–Crippen LogP) is 4.17. The second kappa shape index (κ2) is 10.2. The maximum atomic E-state index is 13.5. The molecule has 0 saturated carbocycles. The van der Waals surface area contributed by atoms with Gasteiger partial charge in [0.1, 0.15) is 0 Å². The molecule has 2 amide bonds. The number of amides is 2. The molecule has 35 heavy (non-hydrogen) atoms. The highest BCUT2D eigenvalue weighted by molar-refractivity contribution is 6.06. The molecular formula is C29H36N4O2. The van der Waals surface area contributed by atoms with E-state index < -0.39 is 0 Å². The van der Waals surface area contributed by atoms with Crippen LogP contribution >= 0.6 is 0 Å². The fourth-order valence-electron chi connectivity index (χ4n) is 5.84. The van der Waals surface area contributed by atoms with Gasteiger partial charge in [-0.3, -0.25) is 9.59 Å². The molecule has 0 unspecified atom stereocenters. The van der Waals surface area contributed by atoms with Crippen molar-refractivity contribution in [2.75, 3.05) is 32.7 Å². The summed E-state index contributed by atoms with van der Waals surface area (Å²) in [6.07, 6.45) is 5.68. The Balaban J connectivity index is 1.18. The van der Waals surface area contributed by atoms with Gasteiger partial charge in [0.05, 0.1) is 11.1 Å². The van der Waals surface area contributed by atoms with Crippen LogP contribution in [0.2, 0.25) is 0 Å². The highest BCUT2D eigenvalue weighted by Crippen LogP contribution is 2.30. The largest absolute Gasteiger partial charge is 0.370 e. The van der Waals surface area contributed by atoms with Gasteiger partial charge in [-0.2, -0.15) is 0 Å². The summed E-state index contributed by atoms with van der Waals surface area (Å²) in [4.78, 5) is 29.4. The Morgan fingerprint density at radius 2 is 1.74 bits per heavy atom. The van der Waals surface area contributed by atoms with Crippen LogP contribution in [0.1, 0.15) is 53.1 Å². The maximum absolute atomic E-state index is 13.5. The third kappa shape index (κ3) is 5.27. The molecule has 2 aliphatic heterocycles. The Bertz CT molecular complexity index is 1190. The lowest BCUT2D eigenvalue weighted by molar-refractivity contribution is -0.118. The van der Waals surface area contributed by atoms with E-state index in [0.29, 0.717) is 18.4 Å². The van der Waals surface area contributed by atoms with Crippen LogP contribution in [0.25, 0.3) is 10.9 Å². The molecular weight excluding hydrogens is 436 g/mol. The number of carbonyl (C=O) groups is 2. The number of nitrogens with zero attached hydrogens (tertiary/aromatic N) is 3. The van der Waals surface area contributed by atoms with E-state index in [1.165, 1.54) is 24.0 Å². The lowest BCUT2D eigenvalue weighted by Gasteiger charge is -2.33. The van der Waals surface area contributed by atoms with Gasteiger partial charge in [-0.1, -0.05) is 42.0 Å². The molecule has 2 aromatic carbocycles. The van der Waals surface area contributed by atoms with Crippen molar-refractivity contribution >= 4 is 22.7 Å². The van der Waals surface area contributed by atoms with Gasteiger partial charge in [0, 0.05) is 44.2 Å². The number of fused-ring (bicyclic) bond motifs is 1. The molecule has 2 saturated heterocycles. The Morgan fingerprint density at radius 1 is 0.971 bits per heavy atom. The van der Waals surface area contributed by atoms with E-state index in [1.807, 2.05) is 39.9 Å². The molecule has 0 spiro atoms. The number of aryl methyl sites for hydroxylation is 2. The average molecular weight is 473 g/mol. The molecule has 2 aliphatic rings. The highest BCUT2D eigenvalue weighted by atomic mass is 16.2. The van der Waals surface area contributed by atoms with E-state index >= 15 is 0 Å². The van der Waals surface area contributed by atoms with Gasteiger partial charge in [-0.15, -0.1) is 0 Å². The van der Waals surface area contributed by atoms with Crippen LogP contribution in [0.15, 0.2) is 54.7 Å². The van der Waals surface area contributed by atoms with Gasteiger partial charge in [-0.05, 0) is 68.8 Å². The normalized spacial score (nSPS) is 19.5. The zero-order valence-electron chi connectivity index (χ0n) is 20.7. The van der Waals surface area contributed by atoms with Crippen LogP contribution in [-0.2, 0) is 11.3 Å². The fourth-order valence-corrected chi connectivity index (χ4v) is 5.84. The molecule has 0 bridgehead atoms. The molecule has 1 aromatic heterocycles. The van der Waals surface area contributed by atoms with Gasteiger partial charge in [-0.25, -0.2) is 0 Å². The van der Waals surface area contributed by atoms with Gasteiger partial charge in [0.25, 0.3) is 5.91 Å². The number of hydrogen-bond acceptors (Lipinski definition) is 3. The first-order valence-corrected chi connectivity index (χ1v) is 12.9. The van der Waals surface area contributed by atoms with Crippen molar-refractivity contribution in [3.8, 4) is 0 Å². The van der Waals surface area contributed by atoms with E-state index in [2.05, 4.69) is 36.1 Å². The number of carbonyl (C=O) groups excluding carboxylic acids is 2. The van der Waals surface area contributed by atoms with Crippen molar-refractivity contribution in [1.29, 1.82) is 0 Å². The van der Waals surface area contributed by atoms with Crippen LogP contribution in [0.4, 0.5) is 0 Å². The summed E-state index contributed by atoms with van der Waals surface area (Å²) >= 11 is 0. The number of primary amides is 1. The molecule has 6 nitrogen and oxygen atoms in total. The van der Waals surface area contributed by atoms with Crippen molar-refractivity contribution in [1.82, 2.24) is 14.4 Å². The molecule has 2 N–H and O–H groups in total. The van der Waals surface area contributed by atoms with Crippen LogP contribution < -0.4 is 5.73 Å². The monoisotopic (exact) mass is 472 g/mol. The number of hydrogen-bond donors (Lipinski definition) is 1. The van der Waals surface area contributed by atoms with Gasteiger partial charge < -0.3 is 20.1 Å². The van der Waals surface area contributed by atoms with E-state index in [0.717, 1.165) is 55.6 Å². The maximum Gasteiger partial charge on any atom is 0.256 e. The van der Waals surface area contributed by atoms with Crippen LogP contribution in [0, 0.1) is 12.8 Å². The minimum Gasteiger partial charge on any atom is -0.370 e. The fraction of sp³-hybridized carbons (Fsp3) is 0.448. The lowest BCUT2D eigenvalue weighted by atomic mass is 9.88. The van der Waals surface area contributed by atoms with Crippen LogP contribution in [0.5, 0.6) is 0 Å². The molecule has 3 aromatic rings. The number of rotatable bonds is 7. The summed E-state index contributed by atoms with van der Waals surface area (Å²) in [5.74, 6) is 0.951. The number of likely N-dealkylation sites (tertiary alicyclic amines) is 2. The van der Waals surface area contributed by atoms with Crippen LogP contribution in [-0.4, -0.2) is 58.9 Å². The molecule has 2 fully saturated rings. The van der Waals surface area contributed by atoms with Crippen molar-refractivity contribution in [2.24, 2.45) is 11.7 Å². The number of piperidine rings is 1. The standard InChI is InChI=1S/C29H36N4O2/c1-21-5-7-23(8-6-21)24-10-14-31(15-11-24)19-22-9-16-33(20-22)29(35)26-4-2-3-25-12-17-32(28(25)26)18-13-27(30)34/h2-8,12,17,22,24H,9-11,13-16,18-20H2,1H3,(H2,30,34)/t22-/m1/s1. The third-order valence-electron chi connectivity index (χ3n) is 7.84. The molecule has 1 atom stereocenters. The Labute approximate surface area is 207 Å². The molecule has 0 radical (unpaired) electrons. The van der Waals surface area contributed by atoms with Crippen molar-refractivity contribution in [2.45, 2.75) is 45.1 Å². The summed E-state index contributed by atoms with van der Waals surface area (Å²) in [5, 5.41) is 1.02. The first kappa shape index (κ1) is 23.6.